The molecule has 1 N–H and O–H groups in total. The number of fused-ring (bicyclic) bond motifs is 9. The number of benzene rings is 9. The molecule has 0 atom stereocenters. The van der Waals surface area contributed by atoms with Gasteiger partial charge in [-0.1, -0.05) is 152 Å². The van der Waals surface area contributed by atoms with E-state index in [0.717, 1.165) is 38.5 Å². The van der Waals surface area contributed by atoms with E-state index in [4.69, 9.17) is 4.42 Å². The molecule has 0 amide bonds. The summed E-state index contributed by atoms with van der Waals surface area (Å²) >= 11 is 0. The molecule has 2 heterocycles. The summed E-state index contributed by atoms with van der Waals surface area (Å²) in [6, 6.07) is 65.5. The molecule has 2 nitrogen and oxygen atoms in total. The van der Waals surface area contributed by atoms with E-state index in [-0.39, 0.29) is 0 Å². The highest BCUT2D eigenvalue weighted by Crippen LogP contribution is 2.46. The zero-order valence-electron chi connectivity index (χ0n) is 28.2. The van der Waals surface area contributed by atoms with Crippen LogP contribution in [0.5, 0.6) is 0 Å². The van der Waals surface area contributed by atoms with Gasteiger partial charge in [-0.05, 0) is 90.8 Å². The third-order valence-corrected chi connectivity index (χ3v) is 10.8. The molecule has 2 aromatic heterocycles. The first-order valence-electron chi connectivity index (χ1n) is 17.8. The van der Waals surface area contributed by atoms with Crippen molar-refractivity contribution in [1.29, 1.82) is 0 Å². The van der Waals surface area contributed by atoms with E-state index < -0.39 is 0 Å². The average Bonchev–Trinajstić information content (AvgIpc) is 3.78. The minimum Gasteiger partial charge on any atom is -0.456 e. The molecule has 0 bridgehead atoms. The van der Waals surface area contributed by atoms with Gasteiger partial charge in [0.15, 0.2) is 0 Å². The number of hydrogen-bond donors (Lipinski definition) is 1. The zero-order valence-corrected chi connectivity index (χ0v) is 28.2. The third kappa shape index (κ3) is 4.31. The number of H-pyrrole nitrogens is 1. The molecule has 0 aliphatic rings. The number of para-hydroxylation sites is 1. The Kier molecular flexibility index (Phi) is 6.28. The second-order valence-corrected chi connectivity index (χ2v) is 13.7. The van der Waals surface area contributed by atoms with Crippen LogP contribution < -0.4 is 0 Å². The summed E-state index contributed by atoms with van der Waals surface area (Å²) in [6.45, 7) is 0. The second kappa shape index (κ2) is 11.3. The number of hydrogen-bond acceptors (Lipinski definition) is 1. The van der Waals surface area contributed by atoms with Gasteiger partial charge in [0.1, 0.15) is 11.2 Å². The molecule has 0 fully saturated rings. The number of nitrogens with one attached hydrogen (secondary N) is 1. The van der Waals surface area contributed by atoms with E-state index in [1.807, 2.05) is 0 Å². The zero-order chi connectivity index (χ0) is 34.2. The lowest BCUT2D eigenvalue weighted by molar-refractivity contribution is 0.669. The molecule has 242 valence electrons. The Hall–Kier alpha value is -6.90. The maximum absolute atomic E-state index is 6.71. The first-order valence-corrected chi connectivity index (χ1v) is 17.8. The van der Waals surface area contributed by atoms with Gasteiger partial charge < -0.3 is 9.40 Å². The molecule has 52 heavy (non-hydrogen) atoms. The lowest BCUT2D eigenvalue weighted by atomic mass is 9.85. The largest absolute Gasteiger partial charge is 0.456 e. The molecule has 0 saturated heterocycles. The maximum Gasteiger partial charge on any atom is 0.136 e. The van der Waals surface area contributed by atoms with Crippen LogP contribution in [0.2, 0.25) is 0 Å². The van der Waals surface area contributed by atoms with Crippen LogP contribution in [0.3, 0.4) is 0 Å². The van der Waals surface area contributed by atoms with Crippen LogP contribution in [-0.2, 0) is 0 Å². The Morgan fingerprint density at radius 2 is 0.885 bits per heavy atom. The van der Waals surface area contributed by atoms with Crippen LogP contribution >= 0.6 is 0 Å². The summed E-state index contributed by atoms with van der Waals surface area (Å²) < 4.78 is 6.71. The minimum absolute atomic E-state index is 0.890. The van der Waals surface area contributed by atoms with Crippen molar-refractivity contribution < 1.29 is 4.42 Å². The fourth-order valence-corrected chi connectivity index (χ4v) is 8.53. The molecular weight excluding hydrogens is 631 g/mol. The van der Waals surface area contributed by atoms with Crippen molar-refractivity contribution in [2.45, 2.75) is 0 Å². The lowest BCUT2D eigenvalue weighted by Gasteiger charge is -2.18. The number of furan rings is 1. The summed E-state index contributed by atoms with van der Waals surface area (Å²) in [5.74, 6) is 0. The standard InChI is InChI=1S/C50H31NO/c1-3-13-31(14-4-1)33-17-11-18-34(29-33)46-37-19-7-9-21-39(37)47(40-22-10-8-20-38(40)46)35-25-26-41-45(30-35)52-44-28-27-43-48(49(41)44)42-24-12-23-36(50(42)51-43)32-15-5-2-6-16-32/h1-30,51H. The van der Waals surface area contributed by atoms with Gasteiger partial charge in [-0.2, -0.15) is 0 Å². The minimum atomic E-state index is 0.890. The van der Waals surface area contributed by atoms with Gasteiger partial charge in [0.2, 0.25) is 0 Å². The number of aromatic nitrogens is 1. The predicted molar refractivity (Wildman–Crippen MR) is 220 cm³/mol. The van der Waals surface area contributed by atoms with Gasteiger partial charge in [0.05, 0.1) is 5.52 Å². The molecule has 0 saturated carbocycles. The Bertz CT molecular complexity index is 3110. The van der Waals surface area contributed by atoms with Crippen molar-refractivity contribution in [1.82, 2.24) is 4.98 Å². The fourth-order valence-electron chi connectivity index (χ4n) is 8.53. The fraction of sp³-hybridized carbons (Fsp3) is 0. The Labute approximate surface area is 300 Å². The number of aromatic amines is 1. The Morgan fingerprint density at radius 1 is 0.327 bits per heavy atom. The highest BCUT2D eigenvalue weighted by Gasteiger charge is 2.20. The molecule has 0 radical (unpaired) electrons. The second-order valence-electron chi connectivity index (χ2n) is 13.7. The van der Waals surface area contributed by atoms with Crippen molar-refractivity contribution in [3.8, 4) is 44.5 Å². The molecule has 11 rings (SSSR count). The average molecular weight is 662 g/mol. The van der Waals surface area contributed by atoms with Crippen LogP contribution in [0.4, 0.5) is 0 Å². The highest BCUT2D eigenvalue weighted by molar-refractivity contribution is 6.28. The van der Waals surface area contributed by atoms with Gasteiger partial charge >= 0.3 is 0 Å². The summed E-state index contributed by atoms with van der Waals surface area (Å²) in [5, 5.41) is 9.61. The van der Waals surface area contributed by atoms with E-state index >= 15 is 0 Å². The molecule has 2 heteroatoms. The van der Waals surface area contributed by atoms with Crippen molar-refractivity contribution in [3.63, 3.8) is 0 Å². The molecule has 0 aliphatic heterocycles. The maximum atomic E-state index is 6.71. The highest BCUT2D eigenvalue weighted by atomic mass is 16.3. The normalized spacial score (nSPS) is 11.8. The molecule has 0 aliphatic carbocycles. The molecular formula is C50H31NO. The summed E-state index contributed by atoms with van der Waals surface area (Å²) in [4.78, 5) is 3.76. The SMILES string of the molecule is c1ccc(-c2cccc(-c3c4ccccc4c(-c4ccc5c(c4)oc4ccc6[nH]c7c(-c8ccccc8)cccc7c6c45)c4ccccc34)c2)cc1. The van der Waals surface area contributed by atoms with Crippen LogP contribution in [0.15, 0.2) is 186 Å². The topological polar surface area (TPSA) is 28.9 Å². The van der Waals surface area contributed by atoms with Crippen molar-refractivity contribution in [2.24, 2.45) is 0 Å². The van der Waals surface area contributed by atoms with E-state index in [1.54, 1.807) is 0 Å². The molecule has 0 unspecified atom stereocenters. The van der Waals surface area contributed by atoms with Crippen molar-refractivity contribution >= 4 is 65.3 Å². The van der Waals surface area contributed by atoms with E-state index in [1.165, 1.54) is 71.3 Å². The van der Waals surface area contributed by atoms with Gasteiger partial charge in [-0.3, -0.25) is 0 Å². The first kappa shape index (κ1) is 28.9. The molecule has 11 aromatic rings. The Balaban J connectivity index is 1.14. The van der Waals surface area contributed by atoms with E-state index in [0.29, 0.717) is 0 Å². The van der Waals surface area contributed by atoms with Crippen LogP contribution in [0.1, 0.15) is 0 Å². The van der Waals surface area contributed by atoms with Crippen LogP contribution in [0, 0.1) is 0 Å². The third-order valence-electron chi connectivity index (χ3n) is 10.8. The Morgan fingerprint density at radius 3 is 1.58 bits per heavy atom. The van der Waals surface area contributed by atoms with Gasteiger partial charge in [-0.15, -0.1) is 0 Å². The summed E-state index contributed by atoms with van der Waals surface area (Å²) in [7, 11) is 0. The molecule has 0 spiro atoms. The van der Waals surface area contributed by atoms with Gasteiger partial charge in [0, 0.05) is 32.6 Å². The number of rotatable bonds is 4. The summed E-state index contributed by atoms with van der Waals surface area (Å²) in [5.41, 5.74) is 13.7. The predicted octanol–water partition coefficient (Wildman–Crippen LogP) is 14.2. The van der Waals surface area contributed by atoms with Gasteiger partial charge in [0.25, 0.3) is 0 Å². The first-order chi connectivity index (χ1) is 25.8. The van der Waals surface area contributed by atoms with E-state index in [9.17, 15) is 0 Å². The monoisotopic (exact) mass is 661 g/mol. The molecule has 9 aromatic carbocycles. The summed E-state index contributed by atoms with van der Waals surface area (Å²) in [6.07, 6.45) is 0. The van der Waals surface area contributed by atoms with Crippen molar-refractivity contribution in [3.05, 3.63) is 182 Å². The van der Waals surface area contributed by atoms with E-state index in [2.05, 4.69) is 187 Å². The van der Waals surface area contributed by atoms with Crippen molar-refractivity contribution in [2.75, 3.05) is 0 Å². The quantitative estimate of drug-likeness (QED) is 0.187. The smallest absolute Gasteiger partial charge is 0.136 e. The van der Waals surface area contributed by atoms with Gasteiger partial charge in [-0.25, -0.2) is 0 Å². The van der Waals surface area contributed by atoms with Crippen LogP contribution in [-0.4, -0.2) is 4.98 Å². The van der Waals surface area contributed by atoms with Crippen LogP contribution in [0.25, 0.3) is 110 Å². The lowest BCUT2D eigenvalue weighted by Crippen LogP contribution is -1.91.